The van der Waals surface area contributed by atoms with E-state index in [9.17, 15) is 0 Å². The summed E-state index contributed by atoms with van der Waals surface area (Å²) in [7, 11) is 3.31. The van der Waals surface area contributed by atoms with Gasteiger partial charge >= 0.3 is 0 Å². The maximum absolute atomic E-state index is 5.53. The molecule has 29 heavy (non-hydrogen) atoms. The summed E-state index contributed by atoms with van der Waals surface area (Å²) in [6, 6.07) is 22.6. The van der Waals surface area contributed by atoms with Crippen molar-refractivity contribution in [1.29, 1.82) is 0 Å². The summed E-state index contributed by atoms with van der Waals surface area (Å²) in [6.07, 6.45) is 0.799. The maximum atomic E-state index is 5.53. The van der Waals surface area contributed by atoms with Crippen molar-refractivity contribution in [3.63, 3.8) is 0 Å². The third-order valence-corrected chi connectivity index (χ3v) is 6.03. The lowest BCUT2D eigenvalue weighted by Gasteiger charge is -2.24. The minimum absolute atomic E-state index is 0.0645. The summed E-state index contributed by atoms with van der Waals surface area (Å²) in [5.41, 5.74) is 4.35. The molecule has 0 spiro atoms. The number of nitrogens with zero attached hydrogens (tertiary/aromatic N) is 2. The van der Waals surface area contributed by atoms with Gasteiger partial charge in [-0.2, -0.15) is 5.10 Å². The highest BCUT2D eigenvalue weighted by atomic mass is 79.9. The zero-order valence-corrected chi connectivity index (χ0v) is 19.3. The first-order chi connectivity index (χ1) is 14.1. The van der Waals surface area contributed by atoms with Crippen LogP contribution in [0.15, 0.2) is 80.8 Å². The number of halogens is 2. The number of ether oxygens (including phenoxy) is 2. The summed E-state index contributed by atoms with van der Waals surface area (Å²) in [5.74, 6) is 1.44. The van der Waals surface area contributed by atoms with Gasteiger partial charge in [-0.25, -0.2) is 0 Å². The Balaban J connectivity index is 1.75. The van der Waals surface area contributed by atoms with E-state index in [1.165, 1.54) is 0 Å². The van der Waals surface area contributed by atoms with Crippen LogP contribution in [0, 0.1) is 0 Å². The Labute approximate surface area is 187 Å². The molecule has 0 saturated heterocycles. The summed E-state index contributed by atoms with van der Waals surface area (Å²) in [4.78, 5) is 0. The van der Waals surface area contributed by atoms with Crippen molar-refractivity contribution in [1.82, 2.24) is 0 Å². The van der Waals surface area contributed by atoms with Crippen LogP contribution in [0.2, 0.25) is 0 Å². The van der Waals surface area contributed by atoms with Gasteiger partial charge in [0.25, 0.3) is 0 Å². The monoisotopic (exact) mass is 514 g/mol. The van der Waals surface area contributed by atoms with Crippen molar-refractivity contribution < 1.29 is 9.47 Å². The van der Waals surface area contributed by atoms with E-state index in [0.29, 0.717) is 0 Å². The molecule has 1 heterocycles. The first-order valence-corrected chi connectivity index (χ1v) is 10.8. The minimum Gasteiger partial charge on any atom is -0.493 e. The van der Waals surface area contributed by atoms with Gasteiger partial charge < -0.3 is 9.47 Å². The maximum Gasteiger partial charge on any atom is 0.161 e. The number of hydrogen-bond donors (Lipinski definition) is 0. The van der Waals surface area contributed by atoms with Crippen LogP contribution >= 0.6 is 31.9 Å². The molecule has 0 N–H and O–H groups in total. The summed E-state index contributed by atoms with van der Waals surface area (Å²) in [5, 5.41) is 7.08. The lowest BCUT2D eigenvalue weighted by atomic mass is 9.98. The van der Waals surface area contributed by atoms with Gasteiger partial charge in [0.15, 0.2) is 11.5 Å². The second-order valence-corrected chi connectivity index (χ2v) is 8.54. The zero-order chi connectivity index (χ0) is 20.4. The van der Waals surface area contributed by atoms with Crippen LogP contribution in [0.3, 0.4) is 0 Å². The summed E-state index contributed by atoms with van der Waals surface area (Å²) >= 11 is 7.02. The van der Waals surface area contributed by atoms with Gasteiger partial charge in [0.2, 0.25) is 0 Å². The second-order valence-electron chi connectivity index (χ2n) is 6.71. The van der Waals surface area contributed by atoms with Gasteiger partial charge in [0.1, 0.15) is 0 Å². The van der Waals surface area contributed by atoms with E-state index in [0.717, 1.165) is 49.4 Å². The fourth-order valence-electron chi connectivity index (χ4n) is 3.48. The molecule has 0 fully saturated rings. The van der Waals surface area contributed by atoms with Crippen molar-refractivity contribution in [2.45, 2.75) is 12.5 Å². The fraction of sp³-hybridized carbons (Fsp3) is 0.174. The van der Waals surface area contributed by atoms with Crippen LogP contribution in [0.1, 0.15) is 23.6 Å². The molecule has 4 nitrogen and oxygen atoms in total. The molecule has 0 aliphatic carbocycles. The van der Waals surface area contributed by atoms with Crippen molar-refractivity contribution in [2.24, 2.45) is 5.10 Å². The van der Waals surface area contributed by atoms with Crippen molar-refractivity contribution in [3.05, 3.63) is 86.8 Å². The average Bonchev–Trinajstić information content (AvgIpc) is 3.19. The Hall–Kier alpha value is -2.31. The number of anilines is 1. The van der Waals surface area contributed by atoms with E-state index in [-0.39, 0.29) is 6.04 Å². The molecule has 148 valence electrons. The lowest BCUT2D eigenvalue weighted by molar-refractivity contribution is 0.354. The number of hydrogen-bond acceptors (Lipinski definition) is 4. The Morgan fingerprint density at radius 2 is 1.45 bits per heavy atom. The van der Waals surface area contributed by atoms with Gasteiger partial charge in [-0.1, -0.05) is 50.1 Å². The highest BCUT2D eigenvalue weighted by Crippen LogP contribution is 2.40. The van der Waals surface area contributed by atoms with Crippen molar-refractivity contribution >= 4 is 43.3 Å². The van der Waals surface area contributed by atoms with E-state index in [1.807, 2.05) is 36.4 Å². The molecule has 0 amide bonds. The van der Waals surface area contributed by atoms with Gasteiger partial charge in [-0.15, -0.1) is 0 Å². The van der Waals surface area contributed by atoms with Crippen LogP contribution < -0.4 is 14.5 Å². The first-order valence-electron chi connectivity index (χ1n) is 9.19. The van der Waals surface area contributed by atoms with Gasteiger partial charge in [0, 0.05) is 15.4 Å². The zero-order valence-electron chi connectivity index (χ0n) is 16.1. The Morgan fingerprint density at radius 1 is 0.828 bits per heavy atom. The molecule has 0 saturated carbocycles. The molecule has 3 aromatic rings. The molecule has 0 radical (unpaired) electrons. The summed E-state index contributed by atoms with van der Waals surface area (Å²) < 4.78 is 13.0. The second kappa shape index (κ2) is 8.59. The number of methoxy groups -OCH3 is 2. The molecule has 1 aliphatic rings. The fourth-order valence-corrected chi connectivity index (χ4v) is 4.01. The minimum atomic E-state index is 0.0645. The molecule has 0 bridgehead atoms. The molecule has 3 aromatic carbocycles. The predicted molar refractivity (Wildman–Crippen MR) is 124 cm³/mol. The van der Waals surface area contributed by atoms with E-state index in [2.05, 4.69) is 67.2 Å². The molecule has 4 rings (SSSR count). The predicted octanol–water partition coefficient (Wildman–Crippen LogP) is 6.58. The highest BCUT2D eigenvalue weighted by Gasteiger charge is 2.30. The summed E-state index contributed by atoms with van der Waals surface area (Å²) in [6.45, 7) is 0. The standard InChI is InChI=1S/C23H20Br2N2O2/c1-28-22-12-5-16(13-23(22)29-2)21-14-20(15-3-6-17(24)7-4-15)26-27(21)19-10-8-18(25)9-11-19/h3-13,21H,14H2,1-2H3/t21-/m0/s1. The smallest absolute Gasteiger partial charge is 0.161 e. The molecule has 0 aromatic heterocycles. The van der Waals surface area contributed by atoms with Crippen LogP contribution in [0.5, 0.6) is 11.5 Å². The number of hydrazone groups is 1. The van der Waals surface area contributed by atoms with Gasteiger partial charge in [-0.05, 0) is 59.7 Å². The Morgan fingerprint density at radius 3 is 2.07 bits per heavy atom. The van der Waals surface area contributed by atoms with Gasteiger partial charge in [0.05, 0.1) is 31.7 Å². The van der Waals surface area contributed by atoms with Gasteiger partial charge in [-0.3, -0.25) is 5.01 Å². The van der Waals surface area contributed by atoms with E-state index < -0.39 is 0 Å². The van der Waals surface area contributed by atoms with Crippen LogP contribution in [-0.2, 0) is 0 Å². The van der Waals surface area contributed by atoms with E-state index in [1.54, 1.807) is 14.2 Å². The Bertz CT molecular complexity index is 1030. The van der Waals surface area contributed by atoms with Crippen molar-refractivity contribution in [3.8, 4) is 11.5 Å². The molecule has 1 atom stereocenters. The lowest BCUT2D eigenvalue weighted by Crippen LogP contribution is -2.18. The number of rotatable bonds is 5. The third kappa shape index (κ3) is 4.19. The van der Waals surface area contributed by atoms with E-state index in [4.69, 9.17) is 14.6 Å². The number of benzene rings is 3. The van der Waals surface area contributed by atoms with E-state index >= 15 is 0 Å². The molecule has 0 unspecified atom stereocenters. The normalized spacial score (nSPS) is 15.9. The molecular formula is C23H20Br2N2O2. The first kappa shape index (κ1) is 20.0. The van der Waals surface area contributed by atoms with Crippen LogP contribution in [0.25, 0.3) is 0 Å². The SMILES string of the molecule is COc1ccc([C@@H]2CC(c3ccc(Br)cc3)=NN2c2ccc(Br)cc2)cc1OC. The quantitative estimate of drug-likeness (QED) is 0.384. The molecular weight excluding hydrogens is 496 g/mol. The third-order valence-electron chi connectivity index (χ3n) is 4.97. The topological polar surface area (TPSA) is 34.1 Å². The molecule has 1 aliphatic heterocycles. The largest absolute Gasteiger partial charge is 0.493 e. The highest BCUT2D eigenvalue weighted by molar-refractivity contribution is 9.10. The Kier molecular flexibility index (Phi) is 5.92. The van der Waals surface area contributed by atoms with Crippen molar-refractivity contribution in [2.75, 3.05) is 19.2 Å². The average molecular weight is 516 g/mol. The van der Waals surface area contributed by atoms with Crippen LogP contribution in [-0.4, -0.2) is 19.9 Å². The van der Waals surface area contributed by atoms with Crippen LogP contribution in [0.4, 0.5) is 5.69 Å². The molecule has 6 heteroatoms.